The summed E-state index contributed by atoms with van der Waals surface area (Å²) in [5.74, 6) is 2.36. The number of ether oxygens (including phenoxy) is 2. The molecule has 0 fully saturated rings. The van der Waals surface area contributed by atoms with Crippen molar-refractivity contribution in [2.75, 3.05) is 26.8 Å². The summed E-state index contributed by atoms with van der Waals surface area (Å²) < 4.78 is 11.6. The summed E-state index contributed by atoms with van der Waals surface area (Å²) >= 11 is 5.80. The molecule has 0 radical (unpaired) electrons. The van der Waals surface area contributed by atoms with Crippen molar-refractivity contribution >= 4 is 41.5 Å². The number of nitrogens with zero attached hydrogens (tertiary/aromatic N) is 2. The van der Waals surface area contributed by atoms with Gasteiger partial charge in [0, 0.05) is 38.3 Å². The Balaban J connectivity index is 0.00000261. The molecule has 0 unspecified atom stereocenters. The van der Waals surface area contributed by atoms with Gasteiger partial charge in [-0.2, -0.15) is 0 Å². The van der Waals surface area contributed by atoms with Crippen molar-refractivity contribution in [1.82, 2.24) is 15.6 Å². The van der Waals surface area contributed by atoms with Crippen LogP contribution < -0.4 is 20.1 Å². The summed E-state index contributed by atoms with van der Waals surface area (Å²) in [6, 6.07) is 9.73. The van der Waals surface area contributed by atoms with Crippen LogP contribution in [0.5, 0.6) is 11.5 Å². The maximum Gasteiger partial charge on any atom is 0.191 e. The van der Waals surface area contributed by atoms with Crippen LogP contribution in [0.2, 0.25) is 5.15 Å². The number of halogens is 2. The number of aliphatic imine (C=N–C) groups is 1. The SMILES string of the molecule is CN=C(NCCc1ccc(Cl)nc1)NCc1cccc2c1OCCCO2.I. The van der Waals surface area contributed by atoms with E-state index in [4.69, 9.17) is 21.1 Å². The first-order valence-corrected chi connectivity index (χ1v) is 9.06. The second-order valence-electron chi connectivity index (χ2n) is 5.89. The number of hydrogen-bond acceptors (Lipinski definition) is 4. The van der Waals surface area contributed by atoms with E-state index in [1.165, 1.54) is 0 Å². The topological polar surface area (TPSA) is 67.8 Å². The highest BCUT2D eigenvalue weighted by Gasteiger charge is 2.14. The number of nitrogens with one attached hydrogen (secondary N) is 2. The zero-order valence-corrected chi connectivity index (χ0v) is 18.3. The summed E-state index contributed by atoms with van der Waals surface area (Å²) in [7, 11) is 1.75. The Morgan fingerprint density at radius 1 is 1.19 bits per heavy atom. The van der Waals surface area contributed by atoms with Gasteiger partial charge in [0.1, 0.15) is 5.15 Å². The maximum absolute atomic E-state index is 5.85. The van der Waals surface area contributed by atoms with Gasteiger partial charge < -0.3 is 20.1 Å². The molecule has 2 N–H and O–H groups in total. The number of fused-ring (bicyclic) bond motifs is 1. The summed E-state index contributed by atoms with van der Waals surface area (Å²) in [6.07, 6.45) is 3.52. The molecule has 8 heteroatoms. The van der Waals surface area contributed by atoms with Crippen molar-refractivity contribution in [1.29, 1.82) is 0 Å². The van der Waals surface area contributed by atoms with E-state index >= 15 is 0 Å². The third-order valence-corrected chi connectivity index (χ3v) is 4.24. The second-order valence-corrected chi connectivity index (χ2v) is 6.27. The average molecular weight is 503 g/mol. The monoisotopic (exact) mass is 502 g/mol. The van der Waals surface area contributed by atoms with Gasteiger partial charge in [0.2, 0.25) is 0 Å². The molecule has 146 valence electrons. The molecule has 3 rings (SSSR count). The van der Waals surface area contributed by atoms with Crippen LogP contribution in [0.1, 0.15) is 17.5 Å². The number of para-hydroxylation sites is 1. The molecule has 1 aromatic carbocycles. The number of benzene rings is 1. The van der Waals surface area contributed by atoms with E-state index in [1.807, 2.05) is 24.3 Å². The van der Waals surface area contributed by atoms with Crippen molar-refractivity contribution < 1.29 is 9.47 Å². The van der Waals surface area contributed by atoms with Gasteiger partial charge in [-0.25, -0.2) is 4.98 Å². The van der Waals surface area contributed by atoms with E-state index in [-0.39, 0.29) is 24.0 Å². The van der Waals surface area contributed by atoms with E-state index in [2.05, 4.69) is 20.6 Å². The van der Waals surface area contributed by atoms with Crippen molar-refractivity contribution in [3.05, 3.63) is 52.8 Å². The molecule has 1 aliphatic heterocycles. The van der Waals surface area contributed by atoms with Crippen LogP contribution in [-0.4, -0.2) is 37.7 Å². The fraction of sp³-hybridized carbons (Fsp3) is 0.368. The van der Waals surface area contributed by atoms with Crippen LogP contribution in [0, 0.1) is 0 Å². The third-order valence-electron chi connectivity index (χ3n) is 4.02. The standard InChI is InChI=1S/C19H23ClN4O2.HI/c1-21-19(22-9-8-14-6-7-17(20)23-12-14)24-13-15-4-2-5-16-18(15)26-11-3-10-25-16;/h2,4-7,12H,3,8-11,13H2,1H3,(H2,21,22,24);1H. The highest BCUT2D eigenvalue weighted by molar-refractivity contribution is 14.0. The van der Waals surface area contributed by atoms with Gasteiger partial charge in [0.15, 0.2) is 17.5 Å². The Bertz CT molecular complexity index is 756. The molecule has 0 aliphatic carbocycles. The van der Waals surface area contributed by atoms with Gasteiger partial charge in [-0.3, -0.25) is 4.99 Å². The quantitative estimate of drug-likeness (QED) is 0.284. The molecule has 6 nitrogen and oxygen atoms in total. The smallest absolute Gasteiger partial charge is 0.191 e. The molecule has 2 aromatic rings. The van der Waals surface area contributed by atoms with Crippen LogP contribution >= 0.6 is 35.6 Å². The highest BCUT2D eigenvalue weighted by atomic mass is 127. The lowest BCUT2D eigenvalue weighted by Gasteiger charge is -2.15. The number of aromatic nitrogens is 1. The van der Waals surface area contributed by atoms with E-state index in [0.717, 1.165) is 48.0 Å². The van der Waals surface area contributed by atoms with Crippen LogP contribution in [0.15, 0.2) is 41.5 Å². The Labute approximate surface area is 181 Å². The predicted molar refractivity (Wildman–Crippen MR) is 119 cm³/mol. The Morgan fingerprint density at radius 3 is 2.81 bits per heavy atom. The minimum absolute atomic E-state index is 0. The van der Waals surface area contributed by atoms with E-state index in [1.54, 1.807) is 19.3 Å². The molecule has 1 aromatic heterocycles. The molecule has 0 atom stereocenters. The Kier molecular flexibility index (Phi) is 8.93. The molecular formula is C19H24ClIN4O2. The fourth-order valence-corrected chi connectivity index (χ4v) is 2.78. The van der Waals surface area contributed by atoms with Crippen LogP contribution in [0.4, 0.5) is 0 Å². The number of rotatable bonds is 5. The summed E-state index contributed by atoms with van der Waals surface area (Å²) in [4.78, 5) is 8.35. The molecule has 0 spiro atoms. The highest BCUT2D eigenvalue weighted by Crippen LogP contribution is 2.33. The lowest BCUT2D eigenvalue weighted by atomic mass is 10.2. The van der Waals surface area contributed by atoms with E-state index in [9.17, 15) is 0 Å². The Morgan fingerprint density at radius 2 is 2.04 bits per heavy atom. The lowest BCUT2D eigenvalue weighted by Crippen LogP contribution is -2.37. The molecule has 27 heavy (non-hydrogen) atoms. The zero-order chi connectivity index (χ0) is 18.2. The first kappa shape index (κ1) is 21.6. The third kappa shape index (κ3) is 6.42. The summed E-state index contributed by atoms with van der Waals surface area (Å²) in [5, 5.41) is 7.13. The van der Waals surface area contributed by atoms with Gasteiger partial charge in [-0.15, -0.1) is 24.0 Å². The molecule has 2 heterocycles. The minimum atomic E-state index is 0. The number of hydrogen-bond donors (Lipinski definition) is 2. The van der Waals surface area contributed by atoms with Crippen LogP contribution in [0.25, 0.3) is 0 Å². The van der Waals surface area contributed by atoms with E-state index < -0.39 is 0 Å². The predicted octanol–water partition coefficient (Wildman–Crippen LogP) is 3.42. The van der Waals surface area contributed by atoms with Crippen molar-refractivity contribution in [2.45, 2.75) is 19.4 Å². The maximum atomic E-state index is 5.85. The van der Waals surface area contributed by atoms with E-state index in [0.29, 0.717) is 24.9 Å². The first-order chi connectivity index (χ1) is 12.8. The van der Waals surface area contributed by atoms with Crippen molar-refractivity contribution in [3.8, 4) is 11.5 Å². The van der Waals surface area contributed by atoms with Crippen molar-refractivity contribution in [2.24, 2.45) is 4.99 Å². The minimum Gasteiger partial charge on any atom is -0.490 e. The fourth-order valence-electron chi connectivity index (χ4n) is 2.67. The Hall–Kier alpha value is -1.74. The summed E-state index contributed by atoms with van der Waals surface area (Å²) in [5.41, 5.74) is 2.17. The lowest BCUT2D eigenvalue weighted by molar-refractivity contribution is 0.296. The first-order valence-electron chi connectivity index (χ1n) is 8.68. The largest absolute Gasteiger partial charge is 0.490 e. The molecule has 0 saturated heterocycles. The number of guanidine groups is 1. The van der Waals surface area contributed by atoms with Gasteiger partial charge in [0.25, 0.3) is 0 Å². The molecule has 0 saturated carbocycles. The van der Waals surface area contributed by atoms with Gasteiger partial charge in [0.05, 0.1) is 13.2 Å². The van der Waals surface area contributed by atoms with Gasteiger partial charge >= 0.3 is 0 Å². The zero-order valence-electron chi connectivity index (χ0n) is 15.2. The van der Waals surface area contributed by atoms with Crippen LogP contribution in [-0.2, 0) is 13.0 Å². The normalized spacial score (nSPS) is 13.3. The molecular weight excluding hydrogens is 479 g/mol. The van der Waals surface area contributed by atoms with Crippen molar-refractivity contribution in [3.63, 3.8) is 0 Å². The van der Waals surface area contributed by atoms with Gasteiger partial charge in [-0.1, -0.05) is 29.8 Å². The molecule has 0 bridgehead atoms. The second kappa shape index (κ2) is 11.2. The summed E-state index contributed by atoms with van der Waals surface area (Å²) in [6.45, 7) is 2.71. The average Bonchev–Trinajstić information content (AvgIpc) is 2.92. The number of pyridine rings is 1. The molecule has 0 amide bonds. The van der Waals surface area contributed by atoms with Crippen LogP contribution in [0.3, 0.4) is 0 Å². The molecule has 1 aliphatic rings. The van der Waals surface area contributed by atoms with Gasteiger partial charge in [-0.05, 0) is 24.1 Å².